The van der Waals surface area contributed by atoms with Crippen LogP contribution in [0.5, 0.6) is 0 Å². The fourth-order valence-electron chi connectivity index (χ4n) is 2.32. The molecule has 102 valence electrons. The van der Waals surface area contributed by atoms with Crippen molar-refractivity contribution in [2.75, 3.05) is 33.5 Å². The minimum absolute atomic E-state index is 0.117. The molecule has 0 radical (unpaired) electrons. The third kappa shape index (κ3) is 2.81. The van der Waals surface area contributed by atoms with E-state index >= 15 is 0 Å². The number of esters is 1. The molecule has 0 N–H and O–H groups in total. The van der Waals surface area contributed by atoms with Crippen LogP contribution in [-0.4, -0.2) is 62.4 Å². The zero-order valence-electron chi connectivity index (χ0n) is 10.6. The minimum atomic E-state index is -0.637. The van der Waals surface area contributed by atoms with Gasteiger partial charge in [-0.3, -0.25) is 4.79 Å². The van der Waals surface area contributed by atoms with Crippen LogP contribution in [0.4, 0.5) is 0 Å². The van der Waals surface area contributed by atoms with Crippen molar-refractivity contribution in [1.29, 1.82) is 0 Å². The van der Waals surface area contributed by atoms with E-state index in [1.165, 1.54) is 12.0 Å². The third-order valence-electron chi connectivity index (χ3n) is 3.34. The van der Waals surface area contributed by atoms with Gasteiger partial charge in [0.2, 0.25) is 0 Å². The normalized spacial score (nSPS) is 28.8. The van der Waals surface area contributed by atoms with Crippen LogP contribution in [-0.2, 0) is 23.8 Å². The van der Waals surface area contributed by atoms with Gasteiger partial charge in [0.05, 0.1) is 20.3 Å². The van der Waals surface area contributed by atoms with Gasteiger partial charge in [0, 0.05) is 13.2 Å². The SMILES string of the molecule is COC(=O)C1COCCN1C(=O)C1CCCCO1. The first-order valence-corrected chi connectivity index (χ1v) is 6.31. The van der Waals surface area contributed by atoms with Crippen molar-refractivity contribution in [3.63, 3.8) is 0 Å². The average molecular weight is 257 g/mol. The maximum absolute atomic E-state index is 12.3. The molecule has 2 fully saturated rings. The number of amides is 1. The van der Waals surface area contributed by atoms with Crippen molar-refractivity contribution in [2.45, 2.75) is 31.4 Å². The molecule has 0 aliphatic carbocycles. The van der Waals surface area contributed by atoms with Crippen molar-refractivity contribution >= 4 is 11.9 Å². The number of morpholine rings is 1. The summed E-state index contributed by atoms with van der Waals surface area (Å²) in [7, 11) is 1.32. The minimum Gasteiger partial charge on any atom is -0.467 e. The molecule has 0 spiro atoms. The maximum Gasteiger partial charge on any atom is 0.331 e. The molecule has 2 heterocycles. The van der Waals surface area contributed by atoms with Crippen LogP contribution in [0.3, 0.4) is 0 Å². The highest BCUT2D eigenvalue weighted by Crippen LogP contribution is 2.18. The molecule has 2 atom stereocenters. The molecule has 2 saturated heterocycles. The Morgan fingerprint density at radius 3 is 2.78 bits per heavy atom. The highest BCUT2D eigenvalue weighted by atomic mass is 16.5. The lowest BCUT2D eigenvalue weighted by Crippen LogP contribution is -2.56. The lowest BCUT2D eigenvalue weighted by molar-refractivity contribution is -0.167. The summed E-state index contributed by atoms with van der Waals surface area (Å²) in [5, 5.41) is 0. The summed E-state index contributed by atoms with van der Waals surface area (Å²) in [5.74, 6) is -0.549. The van der Waals surface area contributed by atoms with Crippen LogP contribution in [0.1, 0.15) is 19.3 Å². The van der Waals surface area contributed by atoms with Crippen LogP contribution in [0, 0.1) is 0 Å². The highest BCUT2D eigenvalue weighted by Gasteiger charge is 2.37. The molecule has 2 aliphatic heterocycles. The molecule has 2 aliphatic rings. The number of nitrogens with zero attached hydrogens (tertiary/aromatic N) is 1. The van der Waals surface area contributed by atoms with E-state index in [-0.39, 0.29) is 12.5 Å². The van der Waals surface area contributed by atoms with Gasteiger partial charge in [-0.2, -0.15) is 0 Å². The summed E-state index contributed by atoms with van der Waals surface area (Å²) < 4.78 is 15.4. The molecule has 6 nitrogen and oxygen atoms in total. The Morgan fingerprint density at radius 1 is 1.28 bits per heavy atom. The van der Waals surface area contributed by atoms with Crippen molar-refractivity contribution < 1.29 is 23.8 Å². The van der Waals surface area contributed by atoms with Gasteiger partial charge in [0.25, 0.3) is 5.91 Å². The van der Waals surface area contributed by atoms with E-state index in [0.29, 0.717) is 19.8 Å². The van der Waals surface area contributed by atoms with Crippen molar-refractivity contribution in [1.82, 2.24) is 4.90 Å². The van der Waals surface area contributed by atoms with E-state index in [4.69, 9.17) is 14.2 Å². The number of hydrogen-bond donors (Lipinski definition) is 0. The van der Waals surface area contributed by atoms with Gasteiger partial charge in [-0.1, -0.05) is 0 Å². The second-order valence-electron chi connectivity index (χ2n) is 4.50. The number of methoxy groups -OCH3 is 1. The molecule has 1 amide bonds. The van der Waals surface area contributed by atoms with Gasteiger partial charge >= 0.3 is 5.97 Å². The van der Waals surface area contributed by atoms with Crippen LogP contribution < -0.4 is 0 Å². The van der Waals surface area contributed by atoms with Crippen molar-refractivity contribution in [3.05, 3.63) is 0 Å². The van der Waals surface area contributed by atoms with E-state index in [2.05, 4.69) is 0 Å². The van der Waals surface area contributed by atoms with E-state index in [0.717, 1.165) is 19.3 Å². The summed E-state index contributed by atoms with van der Waals surface area (Å²) in [5.41, 5.74) is 0. The average Bonchev–Trinajstić information content (AvgIpc) is 2.46. The molecule has 2 rings (SSSR count). The molecule has 0 bridgehead atoms. The molecular weight excluding hydrogens is 238 g/mol. The molecule has 0 aromatic carbocycles. The van der Waals surface area contributed by atoms with E-state index in [1.807, 2.05) is 0 Å². The van der Waals surface area contributed by atoms with Crippen LogP contribution in [0.15, 0.2) is 0 Å². The molecule has 2 unspecified atom stereocenters. The quantitative estimate of drug-likeness (QED) is 0.649. The first kappa shape index (κ1) is 13.3. The third-order valence-corrected chi connectivity index (χ3v) is 3.34. The van der Waals surface area contributed by atoms with E-state index in [9.17, 15) is 9.59 Å². The van der Waals surface area contributed by atoms with Crippen molar-refractivity contribution in [3.8, 4) is 0 Å². The molecule has 0 aromatic heterocycles. The summed E-state index contributed by atoms with van der Waals surface area (Å²) in [6.07, 6.45) is 2.30. The second kappa shape index (κ2) is 6.15. The molecule has 0 aromatic rings. The fraction of sp³-hybridized carbons (Fsp3) is 0.833. The predicted octanol–water partition coefficient (Wildman–Crippen LogP) is -0.0441. The smallest absolute Gasteiger partial charge is 0.331 e. The van der Waals surface area contributed by atoms with Crippen LogP contribution in [0.25, 0.3) is 0 Å². The standard InChI is InChI=1S/C12H19NO5/c1-16-12(15)9-8-17-7-5-13(9)11(14)10-4-2-3-6-18-10/h9-10H,2-8H2,1H3. The lowest BCUT2D eigenvalue weighted by Gasteiger charge is -2.36. The molecule has 6 heteroatoms. The molecule has 18 heavy (non-hydrogen) atoms. The Bertz CT molecular complexity index is 314. The number of ether oxygens (including phenoxy) is 3. The predicted molar refractivity (Wildman–Crippen MR) is 61.9 cm³/mol. The van der Waals surface area contributed by atoms with Gasteiger partial charge in [0.15, 0.2) is 6.04 Å². The zero-order chi connectivity index (χ0) is 13.0. The van der Waals surface area contributed by atoms with E-state index < -0.39 is 18.1 Å². The van der Waals surface area contributed by atoms with Crippen LogP contribution >= 0.6 is 0 Å². The number of carbonyl (C=O) groups excluding carboxylic acids is 2. The van der Waals surface area contributed by atoms with Crippen molar-refractivity contribution in [2.24, 2.45) is 0 Å². The topological polar surface area (TPSA) is 65.1 Å². The Morgan fingerprint density at radius 2 is 2.11 bits per heavy atom. The molecule has 0 saturated carbocycles. The van der Waals surface area contributed by atoms with Gasteiger partial charge in [-0.15, -0.1) is 0 Å². The maximum atomic E-state index is 12.3. The summed E-state index contributed by atoms with van der Waals surface area (Å²) >= 11 is 0. The summed E-state index contributed by atoms with van der Waals surface area (Å²) in [6.45, 7) is 1.68. The first-order chi connectivity index (χ1) is 8.74. The first-order valence-electron chi connectivity index (χ1n) is 6.31. The van der Waals surface area contributed by atoms with Gasteiger partial charge in [0.1, 0.15) is 6.10 Å². The van der Waals surface area contributed by atoms with Crippen LogP contribution in [0.2, 0.25) is 0 Å². The Hall–Kier alpha value is -1.14. The van der Waals surface area contributed by atoms with E-state index in [1.54, 1.807) is 0 Å². The monoisotopic (exact) mass is 257 g/mol. The summed E-state index contributed by atoms with van der Waals surface area (Å²) in [4.78, 5) is 25.5. The Kier molecular flexibility index (Phi) is 4.54. The lowest BCUT2D eigenvalue weighted by atomic mass is 10.1. The zero-order valence-corrected chi connectivity index (χ0v) is 10.6. The number of carbonyl (C=O) groups is 2. The Labute approximate surface area is 106 Å². The number of rotatable bonds is 2. The fourth-order valence-corrected chi connectivity index (χ4v) is 2.32. The van der Waals surface area contributed by atoms with Gasteiger partial charge < -0.3 is 19.1 Å². The van der Waals surface area contributed by atoms with Gasteiger partial charge in [-0.25, -0.2) is 4.79 Å². The second-order valence-corrected chi connectivity index (χ2v) is 4.50. The molecular formula is C12H19NO5. The Balaban J connectivity index is 2.03. The largest absolute Gasteiger partial charge is 0.467 e. The number of hydrogen-bond acceptors (Lipinski definition) is 5. The summed E-state index contributed by atoms with van der Waals surface area (Å²) in [6, 6.07) is -0.637. The highest BCUT2D eigenvalue weighted by molar-refractivity contribution is 5.87. The van der Waals surface area contributed by atoms with Gasteiger partial charge in [-0.05, 0) is 19.3 Å².